The molecule has 0 bridgehead atoms. The first-order valence-electron chi connectivity index (χ1n) is 11.0. The highest BCUT2D eigenvalue weighted by Gasteiger charge is 2.21. The molecule has 1 fully saturated rings. The monoisotopic (exact) mass is 425 g/mol. The SMILES string of the molecule is COc1cccc(N2CCN(c3nc(NCc4ccccc4)c4ccccc4n3)CC2)c1. The van der Waals surface area contributed by atoms with E-state index in [-0.39, 0.29) is 0 Å². The Bertz CT molecular complexity index is 1190. The van der Waals surface area contributed by atoms with E-state index < -0.39 is 0 Å². The standard InChI is InChI=1S/C26H27N5O/c1-32-22-11-7-10-21(18-22)30-14-16-31(17-15-30)26-28-24-13-6-5-12-23(24)25(29-26)27-19-20-8-3-2-4-9-20/h2-13,18H,14-17,19H2,1H3,(H,27,28,29). The van der Waals surface area contributed by atoms with E-state index in [9.17, 15) is 0 Å². The number of para-hydroxylation sites is 1. The molecule has 0 radical (unpaired) electrons. The van der Waals surface area contributed by atoms with Crippen LogP contribution in [0.25, 0.3) is 10.9 Å². The highest BCUT2D eigenvalue weighted by molar-refractivity contribution is 5.90. The maximum absolute atomic E-state index is 5.38. The van der Waals surface area contributed by atoms with Gasteiger partial charge in [0.1, 0.15) is 11.6 Å². The van der Waals surface area contributed by atoms with Gasteiger partial charge in [-0.15, -0.1) is 0 Å². The van der Waals surface area contributed by atoms with Crippen molar-refractivity contribution in [1.82, 2.24) is 9.97 Å². The number of fused-ring (bicyclic) bond motifs is 1. The zero-order chi connectivity index (χ0) is 21.8. The Hall–Kier alpha value is -3.80. The van der Waals surface area contributed by atoms with E-state index in [2.05, 4.69) is 63.6 Å². The number of hydrogen-bond acceptors (Lipinski definition) is 6. The lowest BCUT2D eigenvalue weighted by Gasteiger charge is -2.36. The highest BCUT2D eigenvalue weighted by Crippen LogP contribution is 2.26. The summed E-state index contributed by atoms with van der Waals surface area (Å²) < 4.78 is 5.38. The lowest BCUT2D eigenvalue weighted by molar-refractivity contribution is 0.414. The van der Waals surface area contributed by atoms with Gasteiger partial charge in [0.2, 0.25) is 5.95 Å². The number of benzene rings is 3. The molecule has 0 amide bonds. The van der Waals surface area contributed by atoms with Crippen molar-refractivity contribution in [3.05, 3.63) is 84.4 Å². The minimum absolute atomic E-state index is 0.727. The summed E-state index contributed by atoms with van der Waals surface area (Å²) in [6, 6.07) is 26.8. The van der Waals surface area contributed by atoms with Crippen molar-refractivity contribution in [2.45, 2.75) is 6.54 Å². The zero-order valence-corrected chi connectivity index (χ0v) is 18.2. The lowest BCUT2D eigenvalue weighted by Crippen LogP contribution is -2.47. The Morgan fingerprint density at radius 3 is 2.38 bits per heavy atom. The van der Waals surface area contributed by atoms with E-state index in [0.29, 0.717) is 0 Å². The molecule has 0 saturated carbocycles. The number of ether oxygens (including phenoxy) is 1. The second kappa shape index (κ2) is 9.14. The van der Waals surface area contributed by atoms with Gasteiger partial charge in [-0.05, 0) is 29.8 Å². The van der Waals surface area contributed by atoms with Crippen LogP contribution in [0.5, 0.6) is 5.75 Å². The third kappa shape index (κ3) is 4.30. The third-order valence-electron chi connectivity index (χ3n) is 5.88. The number of anilines is 3. The average molecular weight is 426 g/mol. The van der Waals surface area contributed by atoms with E-state index in [1.54, 1.807) is 7.11 Å². The largest absolute Gasteiger partial charge is 0.497 e. The van der Waals surface area contributed by atoms with Crippen molar-refractivity contribution >= 4 is 28.4 Å². The van der Waals surface area contributed by atoms with Gasteiger partial charge in [0.25, 0.3) is 0 Å². The van der Waals surface area contributed by atoms with Crippen molar-refractivity contribution in [1.29, 1.82) is 0 Å². The summed E-state index contributed by atoms with van der Waals surface area (Å²) in [4.78, 5) is 14.5. The number of hydrogen-bond donors (Lipinski definition) is 1. The summed E-state index contributed by atoms with van der Waals surface area (Å²) in [7, 11) is 1.71. The lowest BCUT2D eigenvalue weighted by atomic mass is 10.2. The van der Waals surface area contributed by atoms with Crippen molar-refractivity contribution in [3.63, 3.8) is 0 Å². The van der Waals surface area contributed by atoms with Crippen LogP contribution in [-0.4, -0.2) is 43.3 Å². The summed E-state index contributed by atoms with van der Waals surface area (Å²) in [5.74, 6) is 2.55. The maximum Gasteiger partial charge on any atom is 0.228 e. The van der Waals surface area contributed by atoms with Crippen LogP contribution in [0.4, 0.5) is 17.5 Å². The number of rotatable bonds is 6. The summed E-state index contributed by atoms with van der Waals surface area (Å²) in [6.07, 6.45) is 0. The zero-order valence-electron chi connectivity index (χ0n) is 18.2. The molecule has 0 unspecified atom stereocenters. The highest BCUT2D eigenvalue weighted by atomic mass is 16.5. The van der Waals surface area contributed by atoms with Crippen LogP contribution in [0.2, 0.25) is 0 Å². The smallest absolute Gasteiger partial charge is 0.228 e. The van der Waals surface area contributed by atoms with Gasteiger partial charge in [0.15, 0.2) is 0 Å². The Morgan fingerprint density at radius 1 is 0.812 bits per heavy atom. The molecular formula is C26H27N5O. The second-order valence-electron chi connectivity index (χ2n) is 7.90. The van der Waals surface area contributed by atoms with Crippen molar-refractivity contribution in [2.75, 3.05) is 48.4 Å². The molecule has 0 aliphatic carbocycles. The Labute approximate surface area is 188 Å². The summed E-state index contributed by atoms with van der Waals surface area (Å²) >= 11 is 0. The molecule has 1 N–H and O–H groups in total. The Morgan fingerprint density at radius 2 is 1.56 bits per heavy atom. The first-order valence-corrected chi connectivity index (χ1v) is 11.0. The number of methoxy groups -OCH3 is 1. The summed E-state index contributed by atoms with van der Waals surface area (Å²) in [5.41, 5.74) is 3.38. The average Bonchev–Trinajstić information content (AvgIpc) is 2.88. The Kier molecular flexibility index (Phi) is 5.75. The molecule has 162 valence electrons. The Balaban J connectivity index is 1.35. The van der Waals surface area contributed by atoms with Crippen LogP contribution in [0.1, 0.15) is 5.56 Å². The first kappa shape index (κ1) is 20.1. The van der Waals surface area contributed by atoms with E-state index in [1.165, 1.54) is 11.3 Å². The van der Waals surface area contributed by atoms with Crippen LogP contribution in [0.15, 0.2) is 78.9 Å². The van der Waals surface area contributed by atoms with Gasteiger partial charge in [-0.3, -0.25) is 0 Å². The van der Waals surface area contributed by atoms with Gasteiger partial charge in [-0.2, -0.15) is 4.98 Å². The maximum atomic E-state index is 5.38. The van der Waals surface area contributed by atoms with E-state index in [0.717, 1.165) is 61.1 Å². The van der Waals surface area contributed by atoms with Gasteiger partial charge in [0.05, 0.1) is 12.6 Å². The van der Waals surface area contributed by atoms with E-state index in [4.69, 9.17) is 14.7 Å². The number of piperazine rings is 1. The van der Waals surface area contributed by atoms with Gasteiger partial charge in [-0.25, -0.2) is 4.98 Å². The molecule has 1 aliphatic rings. The molecule has 1 aromatic heterocycles. The van der Waals surface area contributed by atoms with E-state index in [1.807, 2.05) is 30.3 Å². The van der Waals surface area contributed by atoms with Gasteiger partial charge >= 0.3 is 0 Å². The summed E-state index contributed by atoms with van der Waals surface area (Å²) in [5, 5.41) is 4.57. The van der Waals surface area contributed by atoms with Crippen molar-refractivity contribution < 1.29 is 4.74 Å². The van der Waals surface area contributed by atoms with Crippen LogP contribution >= 0.6 is 0 Å². The topological polar surface area (TPSA) is 53.5 Å². The third-order valence-corrected chi connectivity index (χ3v) is 5.88. The normalized spacial score (nSPS) is 13.9. The number of nitrogens with zero attached hydrogens (tertiary/aromatic N) is 4. The molecule has 5 rings (SSSR count). The van der Waals surface area contributed by atoms with Gasteiger partial charge in [-0.1, -0.05) is 48.5 Å². The quantitative estimate of drug-likeness (QED) is 0.488. The first-order chi connectivity index (χ1) is 15.8. The molecule has 6 heteroatoms. The van der Waals surface area contributed by atoms with E-state index >= 15 is 0 Å². The molecule has 0 atom stereocenters. The van der Waals surface area contributed by atoms with Gasteiger partial charge < -0.3 is 19.9 Å². The predicted octanol–water partition coefficient (Wildman–Crippen LogP) is 4.58. The fourth-order valence-corrected chi connectivity index (χ4v) is 4.09. The fourth-order valence-electron chi connectivity index (χ4n) is 4.09. The molecule has 1 saturated heterocycles. The molecule has 6 nitrogen and oxygen atoms in total. The summed E-state index contributed by atoms with van der Waals surface area (Å²) in [6.45, 7) is 4.29. The number of nitrogens with one attached hydrogen (secondary N) is 1. The van der Waals surface area contributed by atoms with Crippen LogP contribution in [0, 0.1) is 0 Å². The van der Waals surface area contributed by atoms with Crippen molar-refractivity contribution in [3.8, 4) is 5.75 Å². The second-order valence-corrected chi connectivity index (χ2v) is 7.90. The molecule has 32 heavy (non-hydrogen) atoms. The molecular weight excluding hydrogens is 398 g/mol. The minimum Gasteiger partial charge on any atom is -0.497 e. The molecule has 1 aliphatic heterocycles. The van der Waals surface area contributed by atoms with Crippen LogP contribution in [0.3, 0.4) is 0 Å². The molecule has 0 spiro atoms. The molecule has 4 aromatic rings. The number of aromatic nitrogens is 2. The van der Waals surface area contributed by atoms with Crippen LogP contribution < -0.4 is 19.9 Å². The predicted molar refractivity (Wildman–Crippen MR) is 131 cm³/mol. The molecule has 2 heterocycles. The van der Waals surface area contributed by atoms with Crippen LogP contribution in [-0.2, 0) is 6.54 Å². The van der Waals surface area contributed by atoms with Crippen molar-refractivity contribution in [2.24, 2.45) is 0 Å². The fraction of sp³-hybridized carbons (Fsp3) is 0.231. The molecule has 3 aromatic carbocycles. The minimum atomic E-state index is 0.727. The van der Waals surface area contributed by atoms with Gasteiger partial charge in [0, 0.05) is 49.9 Å².